The number of rotatable bonds is 6. The van der Waals surface area contributed by atoms with E-state index >= 15 is 0 Å². The zero-order valence-electron chi connectivity index (χ0n) is 17.6. The minimum absolute atomic E-state index is 0.205. The van der Waals surface area contributed by atoms with E-state index in [0.717, 1.165) is 28.0 Å². The highest BCUT2D eigenvalue weighted by Crippen LogP contribution is 2.23. The number of imidazole rings is 1. The van der Waals surface area contributed by atoms with E-state index in [1.807, 2.05) is 78.9 Å². The van der Waals surface area contributed by atoms with Crippen LogP contribution < -0.4 is 10.1 Å². The number of fused-ring (bicyclic) bond motifs is 1. The first-order valence-corrected chi connectivity index (χ1v) is 10.9. The standard InChI is InChI=1S/C27H20ClN3O2/c28-21-12-8-18(9-13-21)17-33-23-5-3-4-20(16-23)27(32)29-22-14-10-19(11-15-22)26-30-24-6-1-2-7-25(24)31-26/h1-16H,17H2,(H,29,32)(H,30,31). The fourth-order valence-electron chi connectivity index (χ4n) is 3.48. The van der Waals surface area contributed by atoms with Gasteiger partial charge < -0.3 is 15.0 Å². The second kappa shape index (κ2) is 9.18. The molecule has 1 amide bonds. The van der Waals surface area contributed by atoms with Crippen molar-refractivity contribution in [2.45, 2.75) is 6.61 Å². The maximum Gasteiger partial charge on any atom is 0.255 e. The number of aromatic amines is 1. The second-order valence-corrected chi connectivity index (χ2v) is 8.01. The summed E-state index contributed by atoms with van der Waals surface area (Å²) in [7, 11) is 0. The van der Waals surface area contributed by atoms with Gasteiger partial charge in [-0.2, -0.15) is 0 Å². The third-order valence-electron chi connectivity index (χ3n) is 5.22. The summed E-state index contributed by atoms with van der Waals surface area (Å²) in [5.74, 6) is 1.21. The van der Waals surface area contributed by atoms with Crippen LogP contribution in [-0.4, -0.2) is 15.9 Å². The van der Waals surface area contributed by atoms with Crippen molar-refractivity contribution >= 4 is 34.2 Å². The minimum atomic E-state index is -0.205. The Bertz CT molecular complexity index is 1380. The highest BCUT2D eigenvalue weighted by molar-refractivity contribution is 6.30. The van der Waals surface area contributed by atoms with Gasteiger partial charge in [0, 0.05) is 21.8 Å². The highest BCUT2D eigenvalue weighted by Gasteiger charge is 2.09. The fraction of sp³-hybridized carbons (Fsp3) is 0.0370. The van der Waals surface area contributed by atoms with Gasteiger partial charge in [-0.25, -0.2) is 4.98 Å². The molecule has 0 atom stereocenters. The molecule has 0 radical (unpaired) electrons. The van der Waals surface area contributed by atoms with Crippen molar-refractivity contribution in [3.8, 4) is 17.1 Å². The van der Waals surface area contributed by atoms with E-state index in [9.17, 15) is 4.79 Å². The highest BCUT2D eigenvalue weighted by atomic mass is 35.5. The molecule has 0 saturated carbocycles. The van der Waals surface area contributed by atoms with Crippen molar-refractivity contribution in [2.75, 3.05) is 5.32 Å². The van der Waals surface area contributed by atoms with Crippen molar-refractivity contribution in [1.82, 2.24) is 9.97 Å². The molecule has 5 aromatic rings. The lowest BCUT2D eigenvalue weighted by Gasteiger charge is -2.09. The van der Waals surface area contributed by atoms with Gasteiger partial charge in [-0.1, -0.05) is 41.9 Å². The smallest absolute Gasteiger partial charge is 0.255 e. The Balaban J connectivity index is 1.24. The predicted molar refractivity (Wildman–Crippen MR) is 132 cm³/mol. The van der Waals surface area contributed by atoms with Crippen molar-refractivity contribution < 1.29 is 9.53 Å². The first kappa shape index (κ1) is 20.8. The lowest BCUT2D eigenvalue weighted by Crippen LogP contribution is -2.12. The van der Waals surface area contributed by atoms with Gasteiger partial charge in [0.25, 0.3) is 5.91 Å². The summed E-state index contributed by atoms with van der Waals surface area (Å²) < 4.78 is 5.83. The molecule has 0 aliphatic carbocycles. The number of ether oxygens (including phenoxy) is 1. The number of nitrogens with zero attached hydrogens (tertiary/aromatic N) is 1. The molecule has 1 heterocycles. The summed E-state index contributed by atoms with van der Waals surface area (Å²) in [4.78, 5) is 20.7. The molecule has 6 heteroatoms. The quantitative estimate of drug-likeness (QED) is 0.300. The molecule has 5 rings (SSSR count). The van der Waals surface area contributed by atoms with Gasteiger partial charge in [0.1, 0.15) is 18.2 Å². The number of benzene rings is 4. The van der Waals surface area contributed by atoms with Gasteiger partial charge in [0.05, 0.1) is 11.0 Å². The van der Waals surface area contributed by atoms with E-state index in [1.165, 1.54) is 0 Å². The molecule has 0 bridgehead atoms. The average molecular weight is 454 g/mol. The first-order valence-electron chi connectivity index (χ1n) is 10.5. The van der Waals surface area contributed by atoms with Gasteiger partial charge in [-0.3, -0.25) is 4.79 Å². The lowest BCUT2D eigenvalue weighted by atomic mass is 10.1. The molecule has 0 spiro atoms. The van der Waals surface area contributed by atoms with Crippen molar-refractivity contribution in [1.29, 1.82) is 0 Å². The van der Waals surface area contributed by atoms with Crippen LogP contribution in [-0.2, 0) is 6.61 Å². The van der Waals surface area contributed by atoms with E-state index in [1.54, 1.807) is 18.2 Å². The summed E-state index contributed by atoms with van der Waals surface area (Å²) in [6, 6.07) is 30.1. The number of aromatic nitrogens is 2. The average Bonchev–Trinajstić information content (AvgIpc) is 3.29. The molecule has 1 aromatic heterocycles. The van der Waals surface area contributed by atoms with Crippen LogP contribution in [0.25, 0.3) is 22.4 Å². The molecule has 0 aliphatic rings. The SMILES string of the molecule is O=C(Nc1ccc(-c2nc3ccccc3[nH]2)cc1)c1cccc(OCc2ccc(Cl)cc2)c1. The Morgan fingerprint density at radius 3 is 2.48 bits per heavy atom. The molecule has 0 aliphatic heterocycles. The molecule has 0 saturated heterocycles. The van der Waals surface area contributed by atoms with Crippen LogP contribution in [0.1, 0.15) is 15.9 Å². The van der Waals surface area contributed by atoms with Crippen molar-refractivity contribution in [3.05, 3.63) is 113 Å². The van der Waals surface area contributed by atoms with E-state index < -0.39 is 0 Å². The van der Waals surface area contributed by atoms with Gasteiger partial charge >= 0.3 is 0 Å². The number of anilines is 1. The third-order valence-corrected chi connectivity index (χ3v) is 5.47. The molecular weight excluding hydrogens is 434 g/mol. The minimum Gasteiger partial charge on any atom is -0.489 e. The number of halogens is 1. The Morgan fingerprint density at radius 2 is 1.70 bits per heavy atom. The second-order valence-electron chi connectivity index (χ2n) is 7.58. The number of para-hydroxylation sites is 2. The molecule has 33 heavy (non-hydrogen) atoms. The van der Waals surface area contributed by atoms with Crippen molar-refractivity contribution in [2.24, 2.45) is 0 Å². The van der Waals surface area contributed by atoms with Crippen LogP contribution in [0.4, 0.5) is 5.69 Å². The monoisotopic (exact) mass is 453 g/mol. The maximum absolute atomic E-state index is 12.8. The molecule has 4 aromatic carbocycles. The van der Waals surface area contributed by atoms with Crippen LogP contribution in [0.5, 0.6) is 5.75 Å². The van der Waals surface area contributed by atoms with Crippen LogP contribution in [0, 0.1) is 0 Å². The molecule has 5 nitrogen and oxygen atoms in total. The molecule has 2 N–H and O–H groups in total. The third kappa shape index (κ3) is 4.89. The van der Waals surface area contributed by atoms with Gasteiger partial charge in [0.15, 0.2) is 0 Å². The zero-order valence-corrected chi connectivity index (χ0v) is 18.3. The maximum atomic E-state index is 12.8. The number of carbonyl (C=O) groups excluding carboxylic acids is 1. The summed E-state index contributed by atoms with van der Waals surface area (Å²) in [6.07, 6.45) is 0. The zero-order chi connectivity index (χ0) is 22.6. The molecule has 0 unspecified atom stereocenters. The van der Waals surface area contributed by atoms with Gasteiger partial charge in [0.2, 0.25) is 0 Å². The summed E-state index contributed by atoms with van der Waals surface area (Å²) in [5.41, 5.74) is 5.07. The number of hydrogen-bond donors (Lipinski definition) is 2. The first-order chi connectivity index (χ1) is 16.1. The number of carbonyl (C=O) groups is 1. The van der Waals surface area contributed by atoms with E-state index in [-0.39, 0.29) is 5.91 Å². The Morgan fingerprint density at radius 1 is 0.909 bits per heavy atom. The number of H-pyrrole nitrogens is 1. The van der Waals surface area contributed by atoms with Crippen LogP contribution in [0.2, 0.25) is 5.02 Å². The number of amides is 1. The molecule has 0 fully saturated rings. The fourth-order valence-corrected chi connectivity index (χ4v) is 3.60. The topological polar surface area (TPSA) is 67.0 Å². The van der Waals surface area contributed by atoms with E-state index in [4.69, 9.17) is 16.3 Å². The predicted octanol–water partition coefficient (Wildman–Crippen LogP) is 6.71. The Kier molecular flexibility index (Phi) is 5.79. The molecule has 162 valence electrons. The normalized spacial score (nSPS) is 10.8. The lowest BCUT2D eigenvalue weighted by molar-refractivity contribution is 0.102. The summed E-state index contributed by atoms with van der Waals surface area (Å²) >= 11 is 5.92. The largest absolute Gasteiger partial charge is 0.489 e. The number of nitrogens with one attached hydrogen (secondary N) is 2. The van der Waals surface area contributed by atoms with Crippen LogP contribution in [0.3, 0.4) is 0 Å². The molecular formula is C27H20ClN3O2. The Hall–Kier alpha value is -4.09. The number of hydrogen-bond acceptors (Lipinski definition) is 3. The van der Waals surface area contributed by atoms with Crippen LogP contribution >= 0.6 is 11.6 Å². The Labute approximate surface area is 196 Å². The van der Waals surface area contributed by atoms with Gasteiger partial charge in [-0.05, 0) is 72.3 Å². The summed E-state index contributed by atoms with van der Waals surface area (Å²) in [5, 5.41) is 3.61. The van der Waals surface area contributed by atoms with E-state index in [0.29, 0.717) is 28.6 Å². The van der Waals surface area contributed by atoms with Crippen molar-refractivity contribution in [3.63, 3.8) is 0 Å². The summed E-state index contributed by atoms with van der Waals surface area (Å²) in [6.45, 7) is 0.394. The van der Waals surface area contributed by atoms with E-state index in [2.05, 4.69) is 15.3 Å². The van der Waals surface area contributed by atoms with Gasteiger partial charge in [-0.15, -0.1) is 0 Å². The van der Waals surface area contributed by atoms with Crippen LogP contribution in [0.15, 0.2) is 97.1 Å².